The molecule has 0 fully saturated rings. The summed E-state index contributed by atoms with van der Waals surface area (Å²) >= 11 is 0. The summed E-state index contributed by atoms with van der Waals surface area (Å²) in [6, 6.07) is 3.57. The second-order valence-corrected chi connectivity index (χ2v) is 5.64. The second kappa shape index (κ2) is 5.87. The van der Waals surface area contributed by atoms with Crippen LogP contribution < -0.4 is 10.6 Å². The predicted molar refractivity (Wildman–Crippen MR) is 82.3 cm³/mol. The molecule has 0 atom stereocenters. The molecule has 6 nitrogen and oxygen atoms in total. The summed E-state index contributed by atoms with van der Waals surface area (Å²) in [6.45, 7) is 6.06. The Kier molecular flexibility index (Phi) is 4.16. The first kappa shape index (κ1) is 14.9. The summed E-state index contributed by atoms with van der Waals surface area (Å²) in [6.07, 6.45) is 8.15. The number of rotatable bonds is 1. The molecule has 0 aliphatic carbocycles. The molecule has 112 valence electrons. The first-order valence-electron chi connectivity index (χ1n) is 6.70. The molecule has 1 aromatic rings. The lowest BCUT2D eigenvalue weighted by Crippen LogP contribution is -2.30. The molecule has 2 heterocycles. The minimum atomic E-state index is -0.532. The van der Waals surface area contributed by atoms with Crippen LogP contribution in [-0.4, -0.2) is 28.1 Å². The van der Waals surface area contributed by atoms with Crippen molar-refractivity contribution in [2.45, 2.75) is 26.4 Å². The van der Waals surface area contributed by atoms with Gasteiger partial charge in [0.05, 0.1) is 5.69 Å². The quantitative estimate of drug-likeness (QED) is 0.860. The summed E-state index contributed by atoms with van der Waals surface area (Å²) in [5, 5.41) is 0. The SMILES string of the molecule is CC(C)(C)OC(=O)N1C=CCN(c2ncccc2N)C=C1. The lowest BCUT2D eigenvalue weighted by molar-refractivity contribution is 0.0400. The van der Waals surface area contributed by atoms with E-state index in [-0.39, 0.29) is 0 Å². The summed E-state index contributed by atoms with van der Waals surface area (Å²) < 4.78 is 5.32. The van der Waals surface area contributed by atoms with Gasteiger partial charge in [0.25, 0.3) is 0 Å². The maximum absolute atomic E-state index is 12.0. The highest BCUT2D eigenvalue weighted by molar-refractivity contribution is 5.71. The van der Waals surface area contributed by atoms with E-state index in [1.165, 1.54) is 4.90 Å². The topological polar surface area (TPSA) is 71.7 Å². The fraction of sp³-hybridized carbons (Fsp3) is 0.333. The Labute approximate surface area is 124 Å². The van der Waals surface area contributed by atoms with Crippen molar-refractivity contribution < 1.29 is 9.53 Å². The Bertz CT molecular complexity index is 575. The molecule has 1 aromatic heterocycles. The number of hydrogen-bond donors (Lipinski definition) is 1. The van der Waals surface area contributed by atoms with Crippen molar-refractivity contribution in [1.82, 2.24) is 9.88 Å². The van der Waals surface area contributed by atoms with Crippen molar-refractivity contribution >= 4 is 17.6 Å². The van der Waals surface area contributed by atoms with Crippen molar-refractivity contribution in [3.05, 3.63) is 43.0 Å². The third-order valence-corrected chi connectivity index (χ3v) is 2.67. The van der Waals surface area contributed by atoms with E-state index in [0.29, 0.717) is 18.1 Å². The van der Waals surface area contributed by atoms with Crippen LogP contribution in [-0.2, 0) is 4.74 Å². The number of carbonyl (C=O) groups excluding carboxylic acids is 1. The Morgan fingerprint density at radius 2 is 2.10 bits per heavy atom. The van der Waals surface area contributed by atoms with Gasteiger partial charge >= 0.3 is 6.09 Å². The number of nitrogens with zero attached hydrogens (tertiary/aromatic N) is 3. The average Bonchev–Trinajstić information content (AvgIpc) is 2.63. The van der Waals surface area contributed by atoms with Gasteiger partial charge in [-0.2, -0.15) is 0 Å². The molecule has 21 heavy (non-hydrogen) atoms. The normalized spacial score (nSPS) is 15.0. The molecular weight excluding hydrogens is 268 g/mol. The van der Waals surface area contributed by atoms with Crippen molar-refractivity contribution in [2.75, 3.05) is 17.2 Å². The molecule has 6 heteroatoms. The highest BCUT2D eigenvalue weighted by Gasteiger charge is 2.20. The molecular formula is C15H20N4O2. The number of anilines is 2. The van der Waals surface area contributed by atoms with Gasteiger partial charge in [-0.3, -0.25) is 4.90 Å². The maximum Gasteiger partial charge on any atom is 0.418 e. The van der Waals surface area contributed by atoms with Gasteiger partial charge in [-0.05, 0) is 39.0 Å². The van der Waals surface area contributed by atoms with E-state index >= 15 is 0 Å². The smallest absolute Gasteiger partial charge is 0.418 e. The standard InChI is InChI=1S/C15H20N4O2/c1-15(2,3)21-14(20)19-9-5-8-18(10-11-19)13-12(16)6-4-7-17-13/h4-7,9-11H,8,16H2,1-3H3. The molecule has 0 saturated carbocycles. The number of aromatic nitrogens is 1. The van der Waals surface area contributed by atoms with Crippen LogP contribution in [0, 0.1) is 0 Å². The summed E-state index contributed by atoms with van der Waals surface area (Å²) in [5.41, 5.74) is 5.97. The summed E-state index contributed by atoms with van der Waals surface area (Å²) in [5.74, 6) is 0.657. The zero-order valence-electron chi connectivity index (χ0n) is 12.5. The molecule has 1 aliphatic rings. The number of carbonyl (C=O) groups is 1. The zero-order valence-corrected chi connectivity index (χ0v) is 12.5. The van der Waals surface area contributed by atoms with E-state index in [2.05, 4.69) is 4.98 Å². The Morgan fingerprint density at radius 1 is 1.33 bits per heavy atom. The maximum atomic E-state index is 12.0. The van der Waals surface area contributed by atoms with Gasteiger partial charge in [0.15, 0.2) is 5.82 Å². The van der Waals surface area contributed by atoms with Gasteiger partial charge in [-0.1, -0.05) is 0 Å². The molecule has 1 aliphatic heterocycles. The third-order valence-electron chi connectivity index (χ3n) is 2.67. The number of amides is 1. The first-order valence-corrected chi connectivity index (χ1v) is 6.70. The van der Waals surface area contributed by atoms with E-state index in [1.54, 1.807) is 36.9 Å². The van der Waals surface area contributed by atoms with Crippen LogP contribution in [0.2, 0.25) is 0 Å². The third kappa shape index (κ3) is 3.98. The van der Waals surface area contributed by atoms with Gasteiger partial charge in [0.1, 0.15) is 5.60 Å². The molecule has 2 rings (SSSR count). The minimum Gasteiger partial charge on any atom is -0.443 e. The van der Waals surface area contributed by atoms with E-state index in [1.807, 2.05) is 31.7 Å². The van der Waals surface area contributed by atoms with Crippen LogP contribution in [0.15, 0.2) is 43.0 Å². The Hall–Kier alpha value is -2.50. The van der Waals surface area contributed by atoms with Crippen LogP contribution in [0.25, 0.3) is 0 Å². The van der Waals surface area contributed by atoms with Gasteiger partial charge in [0, 0.05) is 31.3 Å². The molecule has 0 aromatic carbocycles. The number of nitrogens with two attached hydrogens (primary N) is 1. The fourth-order valence-corrected chi connectivity index (χ4v) is 1.78. The lowest BCUT2D eigenvalue weighted by atomic mass is 10.2. The van der Waals surface area contributed by atoms with E-state index < -0.39 is 11.7 Å². The Balaban J connectivity index is 2.13. The largest absolute Gasteiger partial charge is 0.443 e. The molecule has 0 spiro atoms. The van der Waals surface area contributed by atoms with Crippen LogP contribution in [0.4, 0.5) is 16.3 Å². The van der Waals surface area contributed by atoms with Crippen LogP contribution in [0.5, 0.6) is 0 Å². The van der Waals surface area contributed by atoms with Crippen molar-refractivity contribution in [2.24, 2.45) is 0 Å². The molecule has 2 N–H and O–H groups in total. The fourth-order valence-electron chi connectivity index (χ4n) is 1.78. The highest BCUT2D eigenvalue weighted by atomic mass is 16.6. The van der Waals surface area contributed by atoms with E-state index in [4.69, 9.17) is 10.5 Å². The zero-order chi connectivity index (χ0) is 15.5. The minimum absolute atomic E-state index is 0.425. The van der Waals surface area contributed by atoms with Crippen LogP contribution in [0.1, 0.15) is 20.8 Å². The highest BCUT2D eigenvalue weighted by Crippen LogP contribution is 2.21. The summed E-state index contributed by atoms with van der Waals surface area (Å²) in [7, 11) is 0. The first-order chi connectivity index (χ1) is 9.87. The molecule has 1 amide bonds. The van der Waals surface area contributed by atoms with Crippen molar-refractivity contribution in [3.8, 4) is 0 Å². The monoisotopic (exact) mass is 288 g/mol. The molecule has 0 radical (unpaired) electrons. The average molecular weight is 288 g/mol. The molecule has 0 bridgehead atoms. The number of nitrogen functional groups attached to an aromatic ring is 1. The number of pyridine rings is 1. The van der Waals surface area contributed by atoms with Gasteiger partial charge in [-0.15, -0.1) is 0 Å². The number of hydrogen-bond acceptors (Lipinski definition) is 5. The Morgan fingerprint density at radius 3 is 2.76 bits per heavy atom. The van der Waals surface area contributed by atoms with Gasteiger partial charge in [-0.25, -0.2) is 9.78 Å². The van der Waals surface area contributed by atoms with Crippen molar-refractivity contribution in [1.29, 1.82) is 0 Å². The second-order valence-electron chi connectivity index (χ2n) is 5.64. The summed E-state index contributed by atoms with van der Waals surface area (Å²) in [4.78, 5) is 19.5. The lowest BCUT2D eigenvalue weighted by Gasteiger charge is -2.23. The number of ether oxygens (including phenoxy) is 1. The molecule has 0 saturated heterocycles. The van der Waals surface area contributed by atoms with E-state index in [9.17, 15) is 4.79 Å². The molecule has 0 unspecified atom stereocenters. The van der Waals surface area contributed by atoms with Crippen LogP contribution >= 0.6 is 0 Å². The van der Waals surface area contributed by atoms with Gasteiger partial charge in [0.2, 0.25) is 0 Å². The van der Waals surface area contributed by atoms with Crippen LogP contribution in [0.3, 0.4) is 0 Å². The van der Waals surface area contributed by atoms with Gasteiger partial charge < -0.3 is 15.4 Å². The van der Waals surface area contributed by atoms with Crippen molar-refractivity contribution in [3.63, 3.8) is 0 Å². The predicted octanol–water partition coefficient (Wildman–Crippen LogP) is 2.71. The van der Waals surface area contributed by atoms with E-state index in [0.717, 1.165) is 0 Å².